The van der Waals surface area contributed by atoms with E-state index in [4.69, 9.17) is 4.74 Å². The van der Waals surface area contributed by atoms with Gasteiger partial charge in [-0.3, -0.25) is 0 Å². The van der Waals surface area contributed by atoms with Crippen molar-refractivity contribution < 1.29 is 4.74 Å². The Bertz CT molecular complexity index is 339. The van der Waals surface area contributed by atoms with Gasteiger partial charge in [-0.1, -0.05) is 13.0 Å². The molecule has 1 aromatic rings. The van der Waals surface area contributed by atoms with E-state index in [2.05, 4.69) is 42.4 Å². The summed E-state index contributed by atoms with van der Waals surface area (Å²) in [5.41, 5.74) is 2.56. The normalized spacial score (nSPS) is 10.9. The smallest absolute Gasteiger partial charge is 0.123 e. The predicted molar refractivity (Wildman–Crippen MR) is 72.4 cm³/mol. The highest BCUT2D eigenvalue weighted by atomic mass is 16.5. The van der Waals surface area contributed by atoms with Crippen LogP contribution in [0.3, 0.4) is 0 Å². The SMILES string of the molecule is CCCN(C)Cc1cc(CNC)ccc1OC. The Kier molecular flexibility index (Phi) is 6.01. The lowest BCUT2D eigenvalue weighted by Gasteiger charge is -2.18. The number of methoxy groups -OCH3 is 1. The van der Waals surface area contributed by atoms with Gasteiger partial charge in [0.25, 0.3) is 0 Å². The van der Waals surface area contributed by atoms with Gasteiger partial charge >= 0.3 is 0 Å². The van der Waals surface area contributed by atoms with Crippen molar-refractivity contribution in [2.24, 2.45) is 0 Å². The second-order valence-corrected chi connectivity index (χ2v) is 4.41. The van der Waals surface area contributed by atoms with Crippen molar-refractivity contribution in [3.8, 4) is 5.75 Å². The minimum absolute atomic E-state index is 0.897. The van der Waals surface area contributed by atoms with Crippen molar-refractivity contribution in [2.75, 3.05) is 27.7 Å². The van der Waals surface area contributed by atoms with Crippen LogP contribution < -0.4 is 10.1 Å². The third-order valence-electron chi connectivity index (χ3n) is 2.77. The maximum atomic E-state index is 5.41. The minimum Gasteiger partial charge on any atom is -0.496 e. The fourth-order valence-corrected chi connectivity index (χ4v) is 2.02. The fraction of sp³-hybridized carbons (Fsp3) is 0.571. The van der Waals surface area contributed by atoms with Crippen molar-refractivity contribution in [1.29, 1.82) is 0 Å². The van der Waals surface area contributed by atoms with Crippen molar-refractivity contribution in [3.63, 3.8) is 0 Å². The summed E-state index contributed by atoms with van der Waals surface area (Å²) in [5, 5.41) is 3.17. The molecule has 0 amide bonds. The van der Waals surface area contributed by atoms with E-state index in [1.54, 1.807) is 7.11 Å². The standard InChI is InChI=1S/C14H24N2O/c1-5-8-16(3)11-13-9-12(10-15-2)6-7-14(13)17-4/h6-7,9,15H,5,8,10-11H2,1-4H3. The average molecular weight is 236 g/mol. The lowest BCUT2D eigenvalue weighted by atomic mass is 10.1. The van der Waals surface area contributed by atoms with E-state index in [1.807, 2.05) is 7.05 Å². The zero-order valence-corrected chi connectivity index (χ0v) is 11.4. The van der Waals surface area contributed by atoms with Crippen LogP contribution in [0.25, 0.3) is 0 Å². The van der Waals surface area contributed by atoms with E-state index in [-0.39, 0.29) is 0 Å². The number of rotatable bonds is 7. The molecule has 1 N–H and O–H groups in total. The highest BCUT2D eigenvalue weighted by Crippen LogP contribution is 2.21. The molecule has 0 heterocycles. The number of nitrogens with one attached hydrogen (secondary N) is 1. The Morgan fingerprint density at radius 3 is 2.71 bits per heavy atom. The summed E-state index contributed by atoms with van der Waals surface area (Å²) in [6.45, 7) is 5.15. The predicted octanol–water partition coefficient (Wildman–Crippen LogP) is 2.26. The first-order valence-electron chi connectivity index (χ1n) is 6.20. The first kappa shape index (κ1) is 14.0. The van der Waals surface area contributed by atoms with Gasteiger partial charge in [0.15, 0.2) is 0 Å². The second kappa shape index (κ2) is 7.30. The third kappa shape index (κ3) is 4.36. The van der Waals surface area contributed by atoms with Crippen LogP contribution in [-0.2, 0) is 13.1 Å². The largest absolute Gasteiger partial charge is 0.496 e. The van der Waals surface area contributed by atoms with Crippen LogP contribution in [0.5, 0.6) is 5.75 Å². The number of benzene rings is 1. The fourth-order valence-electron chi connectivity index (χ4n) is 2.02. The Labute approximate surface area is 105 Å². The molecule has 17 heavy (non-hydrogen) atoms. The van der Waals surface area contributed by atoms with E-state index in [0.29, 0.717) is 0 Å². The van der Waals surface area contributed by atoms with Crippen LogP contribution in [-0.4, -0.2) is 32.6 Å². The van der Waals surface area contributed by atoms with Gasteiger partial charge in [0.05, 0.1) is 7.11 Å². The van der Waals surface area contributed by atoms with Gasteiger partial charge < -0.3 is 15.0 Å². The maximum Gasteiger partial charge on any atom is 0.123 e. The van der Waals surface area contributed by atoms with Crippen LogP contribution in [0.15, 0.2) is 18.2 Å². The molecule has 1 rings (SSSR count). The number of ether oxygens (including phenoxy) is 1. The molecule has 0 radical (unpaired) electrons. The van der Waals surface area contributed by atoms with Crippen molar-refractivity contribution in [3.05, 3.63) is 29.3 Å². The summed E-state index contributed by atoms with van der Waals surface area (Å²) in [6, 6.07) is 6.39. The molecular formula is C14H24N2O. The molecule has 0 aliphatic heterocycles. The molecule has 1 aromatic carbocycles. The van der Waals surface area contributed by atoms with E-state index in [1.165, 1.54) is 17.5 Å². The maximum absolute atomic E-state index is 5.41. The van der Waals surface area contributed by atoms with Crippen LogP contribution in [0.4, 0.5) is 0 Å². The molecule has 0 aliphatic carbocycles. The van der Waals surface area contributed by atoms with Crippen LogP contribution in [0.2, 0.25) is 0 Å². The molecule has 3 nitrogen and oxygen atoms in total. The van der Waals surface area contributed by atoms with Crippen molar-refractivity contribution >= 4 is 0 Å². The molecular weight excluding hydrogens is 212 g/mol. The zero-order valence-electron chi connectivity index (χ0n) is 11.4. The molecule has 0 spiro atoms. The second-order valence-electron chi connectivity index (χ2n) is 4.41. The van der Waals surface area contributed by atoms with Crippen LogP contribution in [0, 0.1) is 0 Å². The molecule has 96 valence electrons. The molecule has 0 saturated carbocycles. The molecule has 0 bridgehead atoms. The van der Waals surface area contributed by atoms with E-state index in [0.717, 1.165) is 25.4 Å². The molecule has 0 unspecified atom stereocenters. The van der Waals surface area contributed by atoms with Gasteiger partial charge in [0.2, 0.25) is 0 Å². The highest BCUT2D eigenvalue weighted by molar-refractivity contribution is 5.37. The molecule has 0 aliphatic rings. The van der Waals surface area contributed by atoms with E-state index >= 15 is 0 Å². The number of nitrogens with zero attached hydrogens (tertiary/aromatic N) is 1. The topological polar surface area (TPSA) is 24.5 Å². The lowest BCUT2D eigenvalue weighted by molar-refractivity contribution is 0.317. The quantitative estimate of drug-likeness (QED) is 0.786. The summed E-state index contributed by atoms with van der Waals surface area (Å²) in [6.07, 6.45) is 1.18. The number of hydrogen-bond donors (Lipinski definition) is 1. The van der Waals surface area contributed by atoms with E-state index in [9.17, 15) is 0 Å². The summed E-state index contributed by atoms with van der Waals surface area (Å²) >= 11 is 0. The monoisotopic (exact) mass is 236 g/mol. The minimum atomic E-state index is 0.897. The summed E-state index contributed by atoms with van der Waals surface area (Å²) in [5.74, 6) is 0.979. The summed E-state index contributed by atoms with van der Waals surface area (Å²) < 4.78 is 5.41. The molecule has 0 atom stereocenters. The molecule has 0 aromatic heterocycles. The number of hydrogen-bond acceptors (Lipinski definition) is 3. The molecule has 0 saturated heterocycles. The third-order valence-corrected chi connectivity index (χ3v) is 2.77. The Morgan fingerprint density at radius 1 is 1.35 bits per heavy atom. The van der Waals surface area contributed by atoms with E-state index < -0.39 is 0 Å². The molecule has 0 fully saturated rings. The van der Waals surface area contributed by atoms with Crippen molar-refractivity contribution in [2.45, 2.75) is 26.4 Å². The first-order chi connectivity index (χ1) is 8.21. The first-order valence-corrected chi connectivity index (χ1v) is 6.20. The van der Waals surface area contributed by atoms with Crippen LogP contribution in [0.1, 0.15) is 24.5 Å². The van der Waals surface area contributed by atoms with Gasteiger partial charge in [-0.05, 0) is 44.8 Å². The van der Waals surface area contributed by atoms with Gasteiger partial charge in [0, 0.05) is 18.7 Å². The Morgan fingerprint density at radius 2 is 2.12 bits per heavy atom. The van der Waals surface area contributed by atoms with Gasteiger partial charge in [-0.25, -0.2) is 0 Å². The Balaban J connectivity index is 2.81. The lowest BCUT2D eigenvalue weighted by Crippen LogP contribution is -2.19. The van der Waals surface area contributed by atoms with Gasteiger partial charge in [-0.15, -0.1) is 0 Å². The highest BCUT2D eigenvalue weighted by Gasteiger charge is 2.07. The summed E-state index contributed by atoms with van der Waals surface area (Å²) in [7, 11) is 5.84. The Hall–Kier alpha value is -1.06. The summed E-state index contributed by atoms with van der Waals surface area (Å²) in [4.78, 5) is 2.32. The van der Waals surface area contributed by atoms with Gasteiger partial charge in [-0.2, -0.15) is 0 Å². The average Bonchev–Trinajstić information content (AvgIpc) is 2.30. The van der Waals surface area contributed by atoms with Crippen LogP contribution >= 0.6 is 0 Å². The van der Waals surface area contributed by atoms with Gasteiger partial charge in [0.1, 0.15) is 5.75 Å². The van der Waals surface area contributed by atoms with Crippen molar-refractivity contribution in [1.82, 2.24) is 10.2 Å². The molecule has 3 heteroatoms. The zero-order chi connectivity index (χ0) is 12.7.